The highest BCUT2D eigenvalue weighted by atomic mass is 32.2. The fourth-order valence-electron chi connectivity index (χ4n) is 1.20. The minimum Gasteiger partial charge on any atom is -0.374 e. The van der Waals surface area contributed by atoms with E-state index in [1.165, 1.54) is 0 Å². The van der Waals surface area contributed by atoms with E-state index in [0.717, 1.165) is 31.1 Å². The number of ether oxygens (including phenoxy) is 1. The Morgan fingerprint density at radius 2 is 2.30 bits per heavy atom. The van der Waals surface area contributed by atoms with Gasteiger partial charge in [-0.05, 0) is 19.9 Å². The normalized spacial score (nSPS) is 22.2. The number of hydrogen-bond donors (Lipinski definition) is 1. The van der Waals surface area contributed by atoms with Crippen LogP contribution in [0.5, 0.6) is 0 Å². The van der Waals surface area contributed by atoms with Crippen LogP contribution >= 0.6 is 11.8 Å². The molecule has 1 saturated heterocycles. The van der Waals surface area contributed by atoms with E-state index in [-0.39, 0.29) is 5.60 Å². The van der Waals surface area contributed by atoms with Crippen molar-refractivity contribution < 1.29 is 4.74 Å². The summed E-state index contributed by atoms with van der Waals surface area (Å²) in [6.45, 7) is 3.61. The second-order valence-corrected chi connectivity index (χ2v) is 3.63. The lowest BCUT2D eigenvalue weighted by Gasteiger charge is -2.40. The van der Waals surface area contributed by atoms with Crippen LogP contribution in [0.25, 0.3) is 0 Å². The lowest BCUT2D eigenvalue weighted by atomic mass is 10.0. The summed E-state index contributed by atoms with van der Waals surface area (Å²) >= 11 is 1.94. The fraction of sp³-hybridized carbons (Fsp3) is 1.00. The Labute approximate surface area is 66.5 Å². The number of thioether (sulfide) groups is 1. The first-order valence-corrected chi connectivity index (χ1v) is 4.90. The summed E-state index contributed by atoms with van der Waals surface area (Å²) in [4.78, 5) is 0. The Balaban J connectivity index is 2.27. The van der Waals surface area contributed by atoms with Gasteiger partial charge < -0.3 is 10.5 Å². The predicted octanol–water partition coefficient (Wildman–Crippen LogP) is 0.857. The zero-order valence-corrected chi connectivity index (χ0v) is 7.25. The molecule has 0 aromatic carbocycles. The lowest BCUT2D eigenvalue weighted by Crippen LogP contribution is -2.47. The van der Waals surface area contributed by atoms with E-state index in [0.29, 0.717) is 0 Å². The fourth-order valence-corrected chi connectivity index (χ4v) is 2.31. The van der Waals surface area contributed by atoms with Gasteiger partial charge in [-0.3, -0.25) is 0 Å². The summed E-state index contributed by atoms with van der Waals surface area (Å²) < 4.78 is 5.60. The van der Waals surface area contributed by atoms with Gasteiger partial charge in [0, 0.05) is 18.1 Å². The molecule has 60 valence electrons. The molecule has 0 aromatic heterocycles. The summed E-state index contributed by atoms with van der Waals surface area (Å²) in [5.41, 5.74) is 5.63. The quantitative estimate of drug-likeness (QED) is 0.664. The molecule has 3 heteroatoms. The number of nitrogens with two attached hydrogens (primary N) is 1. The van der Waals surface area contributed by atoms with E-state index >= 15 is 0 Å². The maximum absolute atomic E-state index is 5.60. The molecule has 2 N–H and O–H groups in total. The zero-order chi connectivity index (χ0) is 7.45. The Kier molecular flexibility index (Phi) is 3.01. The minimum absolute atomic E-state index is 0.161. The van der Waals surface area contributed by atoms with E-state index in [2.05, 4.69) is 0 Å². The molecule has 0 aliphatic carbocycles. The first kappa shape index (κ1) is 8.37. The Hall–Kier alpha value is 0.270. The number of hydrogen-bond acceptors (Lipinski definition) is 3. The summed E-state index contributed by atoms with van der Waals surface area (Å²) in [6, 6.07) is 0. The molecule has 0 radical (unpaired) electrons. The van der Waals surface area contributed by atoms with Gasteiger partial charge in [-0.15, -0.1) is 0 Å². The largest absolute Gasteiger partial charge is 0.374 e. The van der Waals surface area contributed by atoms with Crippen molar-refractivity contribution in [3.05, 3.63) is 0 Å². The summed E-state index contributed by atoms with van der Waals surface area (Å²) in [6.07, 6.45) is 1.02. The van der Waals surface area contributed by atoms with E-state index < -0.39 is 0 Å². The summed E-state index contributed by atoms with van der Waals surface area (Å²) in [5.74, 6) is 2.27. The Morgan fingerprint density at radius 3 is 2.60 bits per heavy atom. The van der Waals surface area contributed by atoms with Crippen LogP contribution in [-0.4, -0.2) is 30.3 Å². The van der Waals surface area contributed by atoms with Crippen molar-refractivity contribution in [2.75, 3.05) is 24.7 Å². The molecule has 1 fully saturated rings. The van der Waals surface area contributed by atoms with Crippen molar-refractivity contribution in [3.63, 3.8) is 0 Å². The molecular formula is C7H15NOS. The van der Waals surface area contributed by atoms with Gasteiger partial charge in [-0.25, -0.2) is 0 Å². The van der Waals surface area contributed by atoms with Crippen LogP contribution in [-0.2, 0) is 4.74 Å². The third-order valence-corrected chi connectivity index (χ3v) is 3.24. The van der Waals surface area contributed by atoms with Crippen LogP contribution in [0.4, 0.5) is 0 Å². The molecule has 0 unspecified atom stereocenters. The predicted molar refractivity (Wildman–Crippen MR) is 45.4 cm³/mol. The highest BCUT2D eigenvalue weighted by Crippen LogP contribution is 2.35. The van der Waals surface area contributed by atoms with Crippen LogP contribution in [0.3, 0.4) is 0 Å². The van der Waals surface area contributed by atoms with Crippen LogP contribution < -0.4 is 5.73 Å². The van der Waals surface area contributed by atoms with Gasteiger partial charge >= 0.3 is 0 Å². The SMILES string of the molecule is CCOC1(CCN)CSC1. The second kappa shape index (κ2) is 3.60. The van der Waals surface area contributed by atoms with Crippen LogP contribution in [0.15, 0.2) is 0 Å². The molecule has 0 aromatic rings. The molecule has 1 aliphatic rings. The van der Waals surface area contributed by atoms with Crippen molar-refractivity contribution in [2.24, 2.45) is 5.73 Å². The van der Waals surface area contributed by atoms with Gasteiger partial charge in [-0.1, -0.05) is 0 Å². The van der Waals surface area contributed by atoms with Crippen LogP contribution in [0.1, 0.15) is 13.3 Å². The molecule has 0 atom stereocenters. The first-order chi connectivity index (χ1) is 4.83. The van der Waals surface area contributed by atoms with Crippen molar-refractivity contribution >= 4 is 11.8 Å². The molecule has 0 saturated carbocycles. The second-order valence-electron chi connectivity index (χ2n) is 2.65. The first-order valence-electron chi connectivity index (χ1n) is 3.75. The smallest absolute Gasteiger partial charge is 0.0874 e. The highest BCUT2D eigenvalue weighted by molar-refractivity contribution is 8.00. The molecule has 10 heavy (non-hydrogen) atoms. The van der Waals surface area contributed by atoms with Crippen molar-refractivity contribution in [2.45, 2.75) is 18.9 Å². The minimum atomic E-state index is 0.161. The molecule has 1 aliphatic heterocycles. The third kappa shape index (κ3) is 1.65. The van der Waals surface area contributed by atoms with Crippen molar-refractivity contribution in [1.29, 1.82) is 0 Å². The third-order valence-electron chi connectivity index (χ3n) is 1.78. The standard InChI is InChI=1S/C7H15NOS/c1-2-9-7(3-4-8)5-10-6-7/h2-6,8H2,1H3. The monoisotopic (exact) mass is 161 g/mol. The van der Waals surface area contributed by atoms with E-state index in [1.54, 1.807) is 0 Å². The van der Waals surface area contributed by atoms with Gasteiger partial charge in [0.25, 0.3) is 0 Å². The molecule has 1 heterocycles. The Bertz CT molecular complexity index is 95.8. The highest BCUT2D eigenvalue weighted by Gasteiger charge is 2.37. The zero-order valence-electron chi connectivity index (χ0n) is 6.43. The maximum atomic E-state index is 5.60. The Morgan fingerprint density at radius 1 is 1.60 bits per heavy atom. The van der Waals surface area contributed by atoms with Crippen molar-refractivity contribution in [3.8, 4) is 0 Å². The molecule has 1 rings (SSSR count). The van der Waals surface area contributed by atoms with E-state index in [1.807, 2.05) is 18.7 Å². The van der Waals surface area contributed by atoms with Gasteiger partial charge in [0.05, 0.1) is 5.60 Å². The van der Waals surface area contributed by atoms with E-state index in [4.69, 9.17) is 10.5 Å². The summed E-state index contributed by atoms with van der Waals surface area (Å²) in [7, 11) is 0. The molecule has 2 nitrogen and oxygen atoms in total. The number of rotatable bonds is 4. The summed E-state index contributed by atoms with van der Waals surface area (Å²) in [5, 5.41) is 0. The van der Waals surface area contributed by atoms with E-state index in [9.17, 15) is 0 Å². The molecular weight excluding hydrogens is 146 g/mol. The van der Waals surface area contributed by atoms with Gasteiger partial charge in [0.1, 0.15) is 0 Å². The van der Waals surface area contributed by atoms with Gasteiger partial charge in [0.15, 0.2) is 0 Å². The lowest BCUT2D eigenvalue weighted by molar-refractivity contribution is -0.0151. The topological polar surface area (TPSA) is 35.2 Å². The van der Waals surface area contributed by atoms with Crippen LogP contribution in [0, 0.1) is 0 Å². The maximum Gasteiger partial charge on any atom is 0.0874 e. The molecule has 0 bridgehead atoms. The van der Waals surface area contributed by atoms with Crippen molar-refractivity contribution in [1.82, 2.24) is 0 Å². The molecule has 0 amide bonds. The molecule has 0 spiro atoms. The van der Waals surface area contributed by atoms with Crippen LogP contribution in [0.2, 0.25) is 0 Å². The van der Waals surface area contributed by atoms with Gasteiger partial charge in [-0.2, -0.15) is 11.8 Å². The average Bonchev–Trinajstić information content (AvgIpc) is 1.84. The van der Waals surface area contributed by atoms with Gasteiger partial charge in [0.2, 0.25) is 0 Å². The average molecular weight is 161 g/mol.